The Kier molecular flexibility index (Phi) is 5.87. The van der Waals surface area contributed by atoms with Gasteiger partial charge in [-0.2, -0.15) is 8.78 Å². The highest BCUT2D eigenvalue weighted by Gasteiger charge is 2.53. The number of amides is 2. The lowest BCUT2D eigenvalue weighted by Gasteiger charge is -2.30. The second-order valence-electron chi connectivity index (χ2n) is 6.67. The SMILES string of the molecule is COC(=O)c1cc(OC)c(OC(F)F)cc1NC(=O)C1CSC2(C)CCC(=O)N12. The van der Waals surface area contributed by atoms with E-state index in [9.17, 15) is 23.2 Å². The van der Waals surface area contributed by atoms with E-state index >= 15 is 0 Å². The molecule has 158 valence electrons. The molecule has 1 aromatic carbocycles. The number of methoxy groups -OCH3 is 2. The predicted molar refractivity (Wildman–Crippen MR) is 100 cm³/mol. The summed E-state index contributed by atoms with van der Waals surface area (Å²) in [5.41, 5.74) is -0.177. The molecule has 2 fully saturated rings. The van der Waals surface area contributed by atoms with Gasteiger partial charge in [-0.05, 0) is 13.3 Å². The third kappa shape index (κ3) is 3.96. The number of alkyl halides is 2. The van der Waals surface area contributed by atoms with Gasteiger partial charge in [0, 0.05) is 24.3 Å². The standard InChI is InChI=1S/C18H20F2N2O6S/c1-18-5-4-14(23)22(18)11(8-29-18)15(24)21-10-7-13(28-17(19)20)12(26-2)6-9(10)16(25)27-3/h6-7,11,17H,4-5,8H2,1-3H3,(H,21,24). The van der Waals surface area contributed by atoms with Crippen molar-refractivity contribution >= 4 is 35.2 Å². The van der Waals surface area contributed by atoms with Gasteiger partial charge in [0.15, 0.2) is 11.5 Å². The van der Waals surface area contributed by atoms with Crippen LogP contribution >= 0.6 is 11.8 Å². The lowest BCUT2D eigenvalue weighted by Crippen LogP contribution is -2.48. The van der Waals surface area contributed by atoms with Gasteiger partial charge in [0.05, 0.1) is 30.3 Å². The van der Waals surface area contributed by atoms with Gasteiger partial charge in [0.25, 0.3) is 0 Å². The Labute approximate surface area is 169 Å². The molecule has 0 spiro atoms. The number of hydrogen-bond donors (Lipinski definition) is 1. The van der Waals surface area contributed by atoms with Gasteiger partial charge in [-0.1, -0.05) is 0 Å². The van der Waals surface area contributed by atoms with E-state index in [4.69, 9.17) is 9.47 Å². The number of halogens is 2. The Balaban J connectivity index is 1.93. The van der Waals surface area contributed by atoms with Crippen LogP contribution in [0.1, 0.15) is 30.1 Å². The van der Waals surface area contributed by atoms with Crippen LogP contribution in [0.3, 0.4) is 0 Å². The van der Waals surface area contributed by atoms with Gasteiger partial charge in [0.1, 0.15) is 6.04 Å². The number of ether oxygens (including phenoxy) is 3. The van der Waals surface area contributed by atoms with Crippen LogP contribution in [0.5, 0.6) is 11.5 Å². The summed E-state index contributed by atoms with van der Waals surface area (Å²) in [6.45, 7) is -1.23. The van der Waals surface area contributed by atoms with Crippen molar-refractivity contribution in [2.75, 3.05) is 25.3 Å². The molecular formula is C18H20F2N2O6S. The fourth-order valence-corrected chi connectivity index (χ4v) is 4.95. The summed E-state index contributed by atoms with van der Waals surface area (Å²) in [6.07, 6.45) is 0.998. The molecule has 0 aromatic heterocycles. The fraction of sp³-hybridized carbons (Fsp3) is 0.500. The highest BCUT2D eigenvalue weighted by molar-refractivity contribution is 8.01. The average molecular weight is 430 g/mol. The predicted octanol–water partition coefficient (Wildman–Crippen LogP) is 2.48. The van der Waals surface area contributed by atoms with Crippen LogP contribution in [-0.2, 0) is 14.3 Å². The van der Waals surface area contributed by atoms with Gasteiger partial charge < -0.3 is 24.4 Å². The van der Waals surface area contributed by atoms with Crippen LogP contribution in [0.4, 0.5) is 14.5 Å². The van der Waals surface area contributed by atoms with E-state index in [0.29, 0.717) is 18.6 Å². The first kappa shape index (κ1) is 21.2. The normalized spacial score (nSPS) is 23.2. The summed E-state index contributed by atoms with van der Waals surface area (Å²) in [5, 5.41) is 2.56. The highest BCUT2D eigenvalue weighted by Crippen LogP contribution is 2.47. The molecule has 0 aliphatic carbocycles. The van der Waals surface area contributed by atoms with Crippen molar-refractivity contribution in [1.82, 2.24) is 4.90 Å². The van der Waals surface area contributed by atoms with Gasteiger partial charge >= 0.3 is 12.6 Å². The van der Waals surface area contributed by atoms with E-state index in [-0.39, 0.29) is 28.7 Å². The maximum absolute atomic E-state index is 12.9. The molecule has 2 saturated heterocycles. The van der Waals surface area contributed by atoms with Crippen molar-refractivity contribution < 1.29 is 37.4 Å². The smallest absolute Gasteiger partial charge is 0.387 e. The molecule has 11 heteroatoms. The number of esters is 1. The van der Waals surface area contributed by atoms with Crippen LogP contribution < -0.4 is 14.8 Å². The summed E-state index contributed by atoms with van der Waals surface area (Å²) in [6, 6.07) is 1.47. The number of fused-ring (bicyclic) bond motifs is 1. The third-order valence-corrected chi connectivity index (χ3v) is 6.44. The first-order valence-electron chi connectivity index (χ1n) is 8.72. The van der Waals surface area contributed by atoms with Gasteiger partial charge in [-0.25, -0.2) is 4.79 Å². The van der Waals surface area contributed by atoms with E-state index in [1.807, 2.05) is 6.92 Å². The number of nitrogens with zero attached hydrogens (tertiary/aromatic N) is 1. The van der Waals surface area contributed by atoms with Crippen molar-refractivity contribution in [3.8, 4) is 11.5 Å². The summed E-state index contributed by atoms with van der Waals surface area (Å²) in [5.74, 6) is -1.55. The summed E-state index contributed by atoms with van der Waals surface area (Å²) >= 11 is 1.51. The second kappa shape index (κ2) is 8.05. The first-order chi connectivity index (χ1) is 13.7. The quantitative estimate of drug-likeness (QED) is 0.693. The molecule has 2 amide bonds. The Morgan fingerprint density at radius 3 is 2.66 bits per heavy atom. The monoisotopic (exact) mass is 430 g/mol. The van der Waals surface area contributed by atoms with Gasteiger partial charge in [-0.3, -0.25) is 9.59 Å². The van der Waals surface area contributed by atoms with E-state index in [2.05, 4.69) is 10.1 Å². The molecular weight excluding hydrogens is 410 g/mol. The van der Waals surface area contributed by atoms with E-state index in [1.54, 1.807) is 4.90 Å². The van der Waals surface area contributed by atoms with Gasteiger partial charge in [-0.15, -0.1) is 11.8 Å². The summed E-state index contributed by atoms with van der Waals surface area (Å²) in [4.78, 5) is 38.4. The van der Waals surface area contributed by atoms with Crippen molar-refractivity contribution in [1.29, 1.82) is 0 Å². The number of carbonyl (C=O) groups excluding carboxylic acids is 3. The van der Waals surface area contributed by atoms with Crippen LogP contribution in [-0.4, -0.2) is 60.2 Å². The summed E-state index contributed by atoms with van der Waals surface area (Å²) in [7, 11) is 2.37. The molecule has 0 saturated carbocycles. The van der Waals surface area contributed by atoms with E-state index in [0.717, 1.165) is 19.2 Å². The molecule has 0 radical (unpaired) electrons. The zero-order chi connectivity index (χ0) is 21.3. The Hall–Kier alpha value is -2.56. The minimum atomic E-state index is -3.13. The molecule has 0 bridgehead atoms. The van der Waals surface area contributed by atoms with Crippen molar-refractivity contribution in [2.24, 2.45) is 0 Å². The number of carbonyl (C=O) groups is 3. The molecule has 2 aliphatic heterocycles. The van der Waals surface area contributed by atoms with E-state index in [1.165, 1.54) is 18.9 Å². The second-order valence-corrected chi connectivity index (χ2v) is 8.18. The highest BCUT2D eigenvalue weighted by atomic mass is 32.2. The Bertz CT molecular complexity index is 852. The van der Waals surface area contributed by atoms with Gasteiger partial charge in [0.2, 0.25) is 11.8 Å². The molecule has 2 atom stereocenters. The lowest BCUT2D eigenvalue weighted by molar-refractivity contribution is -0.135. The number of thioether (sulfide) groups is 1. The first-order valence-corrected chi connectivity index (χ1v) is 9.71. The van der Waals surface area contributed by atoms with Crippen LogP contribution in [0.15, 0.2) is 12.1 Å². The topological polar surface area (TPSA) is 94.2 Å². The molecule has 2 aliphatic rings. The zero-order valence-corrected chi connectivity index (χ0v) is 16.8. The maximum atomic E-state index is 12.9. The number of anilines is 1. The van der Waals surface area contributed by atoms with Crippen molar-refractivity contribution in [3.05, 3.63) is 17.7 Å². The molecule has 1 N–H and O–H groups in total. The minimum absolute atomic E-state index is 0.0800. The summed E-state index contributed by atoms with van der Waals surface area (Å²) < 4.78 is 39.6. The number of hydrogen-bond acceptors (Lipinski definition) is 7. The average Bonchev–Trinajstić information content (AvgIpc) is 3.16. The third-order valence-electron chi connectivity index (χ3n) is 4.93. The lowest BCUT2D eigenvalue weighted by atomic mass is 10.1. The Morgan fingerprint density at radius 2 is 2.03 bits per heavy atom. The van der Waals surface area contributed by atoms with Crippen LogP contribution in [0.25, 0.3) is 0 Å². The molecule has 2 unspecified atom stereocenters. The van der Waals surface area contributed by atoms with E-state index < -0.39 is 29.4 Å². The number of nitrogens with one attached hydrogen (secondary N) is 1. The zero-order valence-electron chi connectivity index (χ0n) is 16.0. The van der Waals surface area contributed by atoms with Crippen molar-refractivity contribution in [3.63, 3.8) is 0 Å². The molecule has 29 heavy (non-hydrogen) atoms. The number of rotatable bonds is 6. The minimum Gasteiger partial charge on any atom is -0.493 e. The van der Waals surface area contributed by atoms with Crippen LogP contribution in [0.2, 0.25) is 0 Å². The van der Waals surface area contributed by atoms with Crippen molar-refractivity contribution in [2.45, 2.75) is 37.3 Å². The molecule has 8 nitrogen and oxygen atoms in total. The largest absolute Gasteiger partial charge is 0.493 e. The molecule has 3 rings (SSSR count). The fourth-order valence-electron chi connectivity index (χ4n) is 3.52. The molecule has 2 heterocycles. The Morgan fingerprint density at radius 1 is 1.31 bits per heavy atom. The maximum Gasteiger partial charge on any atom is 0.387 e. The molecule has 1 aromatic rings. The van der Waals surface area contributed by atoms with Crippen LogP contribution in [0, 0.1) is 0 Å². The number of benzene rings is 1.